The maximum atomic E-state index is 10.7. The monoisotopic (exact) mass is 155 g/mol. The van der Waals surface area contributed by atoms with Crippen molar-refractivity contribution >= 4 is 12.1 Å². The van der Waals surface area contributed by atoms with E-state index >= 15 is 0 Å². The van der Waals surface area contributed by atoms with Crippen molar-refractivity contribution in [1.29, 1.82) is 0 Å². The van der Waals surface area contributed by atoms with E-state index in [-0.39, 0.29) is 5.78 Å². The summed E-state index contributed by atoms with van der Waals surface area (Å²) in [7, 11) is 0. The molecule has 2 heteroatoms. The van der Waals surface area contributed by atoms with Gasteiger partial charge in [0.05, 0.1) is 6.42 Å². The lowest BCUT2D eigenvalue weighted by molar-refractivity contribution is -0.118. The van der Waals surface area contributed by atoms with E-state index in [1.807, 2.05) is 0 Å². The molecular weight excluding hydrogens is 140 g/mol. The maximum absolute atomic E-state index is 10.7. The first-order valence-corrected chi connectivity index (χ1v) is 4.12. The van der Waals surface area contributed by atoms with Gasteiger partial charge in [-0.2, -0.15) is 0 Å². The molecule has 2 nitrogen and oxygen atoms in total. The third kappa shape index (κ3) is 7.23. The highest BCUT2D eigenvalue weighted by atomic mass is 16.1. The number of carbonyl (C=O) groups is 2. The van der Waals surface area contributed by atoms with Crippen LogP contribution in [0.3, 0.4) is 0 Å². The molecule has 0 spiro atoms. The fourth-order valence-corrected chi connectivity index (χ4v) is 0.885. The Balaban J connectivity index is 3.10. The molecule has 11 heavy (non-hydrogen) atoms. The maximum Gasteiger partial charge on any atom is 0.144 e. The van der Waals surface area contributed by atoms with Crippen LogP contribution in [0.4, 0.5) is 0 Å². The Morgan fingerprint density at radius 1 is 1.27 bits per heavy atom. The van der Waals surface area contributed by atoms with Crippen LogP contribution in [0.5, 0.6) is 0 Å². The predicted octanol–water partition coefficient (Wildman–Crippen LogP) is 1.93. The molecule has 0 aliphatic rings. The van der Waals surface area contributed by atoms with Crippen LogP contribution >= 0.6 is 0 Å². The van der Waals surface area contributed by atoms with Gasteiger partial charge in [-0.3, -0.25) is 4.79 Å². The smallest absolute Gasteiger partial charge is 0.144 e. The predicted molar refractivity (Wildman–Crippen MR) is 44.1 cm³/mol. The van der Waals surface area contributed by atoms with Gasteiger partial charge in [0.25, 0.3) is 0 Å². The van der Waals surface area contributed by atoms with Crippen molar-refractivity contribution in [2.75, 3.05) is 0 Å². The van der Waals surface area contributed by atoms with Crippen molar-refractivity contribution in [3.8, 4) is 0 Å². The molecule has 0 unspecified atom stereocenters. The molecule has 0 saturated carbocycles. The summed E-state index contributed by atoms with van der Waals surface area (Å²) in [6.45, 7) is 2.12. The molecule has 0 bridgehead atoms. The molecule has 0 amide bonds. The number of carbonyl (C=O) groups excluding carboxylic acids is 2. The minimum Gasteiger partial charge on any atom is -0.303 e. The number of unbranched alkanes of at least 4 members (excludes halogenated alkanes) is 3. The molecule has 0 aliphatic heterocycles. The van der Waals surface area contributed by atoms with Crippen LogP contribution in [0.2, 0.25) is 0 Å². The molecule has 0 atom stereocenters. The largest absolute Gasteiger partial charge is 0.303 e. The van der Waals surface area contributed by atoms with Crippen LogP contribution in [-0.4, -0.2) is 12.1 Å². The van der Waals surface area contributed by atoms with Crippen molar-refractivity contribution in [1.82, 2.24) is 0 Å². The standard InChI is InChI=1S/C9H15O2/c1-2-3-4-5-6-9(11)7-8-10/h7-8H,2-6H2,1H3. The molecule has 63 valence electrons. The van der Waals surface area contributed by atoms with Gasteiger partial charge >= 0.3 is 0 Å². The van der Waals surface area contributed by atoms with Gasteiger partial charge in [0, 0.05) is 6.42 Å². The van der Waals surface area contributed by atoms with E-state index in [0.29, 0.717) is 12.7 Å². The van der Waals surface area contributed by atoms with Gasteiger partial charge in [0.1, 0.15) is 12.1 Å². The average molecular weight is 155 g/mol. The van der Waals surface area contributed by atoms with E-state index in [9.17, 15) is 9.59 Å². The fraction of sp³-hybridized carbons (Fsp3) is 0.667. The van der Waals surface area contributed by atoms with Gasteiger partial charge < -0.3 is 4.79 Å². The van der Waals surface area contributed by atoms with E-state index in [2.05, 4.69) is 6.92 Å². The highest BCUT2D eigenvalue weighted by Crippen LogP contribution is 2.03. The molecule has 0 saturated heterocycles. The molecule has 0 aromatic heterocycles. The van der Waals surface area contributed by atoms with Gasteiger partial charge in [-0.1, -0.05) is 26.2 Å². The number of rotatable bonds is 7. The summed E-state index contributed by atoms with van der Waals surface area (Å²) in [5.41, 5.74) is 0. The molecule has 1 radical (unpaired) electrons. The number of hydrogen-bond acceptors (Lipinski definition) is 2. The summed E-state index contributed by atoms with van der Waals surface area (Å²) in [5.74, 6) is -0.0453. The van der Waals surface area contributed by atoms with Gasteiger partial charge in [0.15, 0.2) is 0 Å². The van der Waals surface area contributed by atoms with Crippen LogP contribution < -0.4 is 0 Å². The van der Waals surface area contributed by atoms with Crippen LogP contribution in [0, 0.1) is 6.42 Å². The Hall–Kier alpha value is -0.660. The van der Waals surface area contributed by atoms with Gasteiger partial charge in [-0.15, -0.1) is 0 Å². The van der Waals surface area contributed by atoms with Crippen molar-refractivity contribution in [2.45, 2.75) is 39.0 Å². The van der Waals surface area contributed by atoms with Crippen molar-refractivity contribution in [3.05, 3.63) is 6.42 Å². The van der Waals surface area contributed by atoms with Crippen molar-refractivity contribution < 1.29 is 9.59 Å². The molecule has 0 aromatic carbocycles. The first-order chi connectivity index (χ1) is 5.31. The number of Topliss-reactive ketones (excluding diaryl/α,β-unsaturated/α-hetero) is 1. The summed E-state index contributed by atoms with van der Waals surface area (Å²) in [6.07, 6.45) is 6.54. The topological polar surface area (TPSA) is 34.1 Å². The first-order valence-electron chi connectivity index (χ1n) is 4.12. The molecule has 0 fully saturated rings. The quantitative estimate of drug-likeness (QED) is 0.320. The molecular formula is C9H15O2. The second-order valence-electron chi connectivity index (χ2n) is 2.58. The molecule has 0 aliphatic carbocycles. The van der Waals surface area contributed by atoms with E-state index in [4.69, 9.17) is 0 Å². The van der Waals surface area contributed by atoms with E-state index in [1.165, 1.54) is 12.8 Å². The highest BCUT2D eigenvalue weighted by molar-refractivity contribution is 6.01. The third-order valence-corrected chi connectivity index (χ3v) is 1.53. The molecule has 0 aromatic rings. The van der Waals surface area contributed by atoms with Crippen molar-refractivity contribution in [3.63, 3.8) is 0 Å². The Bertz CT molecular complexity index is 119. The Morgan fingerprint density at radius 3 is 2.55 bits per heavy atom. The van der Waals surface area contributed by atoms with Crippen LogP contribution in [0.25, 0.3) is 0 Å². The Kier molecular flexibility index (Phi) is 7.00. The average Bonchev–Trinajstić information content (AvgIpc) is 1.99. The summed E-state index contributed by atoms with van der Waals surface area (Å²) in [5, 5.41) is 0. The summed E-state index contributed by atoms with van der Waals surface area (Å²) >= 11 is 0. The minimum atomic E-state index is -0.0453. The Morgan fingerprint density at radius 2 is 2.00 bits per heavy atom. The zero-order valence-electron chi connectivity index (χ0n) is 7.01. The SMILES string of the molecule is CCCCCCC(=O)[CH]C=O. The fourth-order valence-electron chi connectivity index (χ4n) is 0.885. The second kappa shape index (κ2) is 7.45. The van der Waals surface area contributed by atoms with E-state index in [1.54, 1.807) is 0 Å². The second-order valence-corrected chi connectivity index (χ2v) is 2.58. The van der Waals surface area contributed by atoms with E-state index in [0.717, 1.165) is 19.3 Å². The van der Waals surface area contributed by atoms with Gasteiger partial charge in [-0.05, 0) is 6.42 Å². The number of hydrogen-bond donors (Lipinski definition) is 0. The van der Waals surface area contributed by atoms with Crippen LogP contribution in [0.1, 0.15) is 39.0 Å². The zero-order chi connectivity index (χ0) is 8.53. The van der Waals surface area contributed by atoms with Gasteiger partial charge in [0.2, 0.25) is 0 Å². The van der Waals surface area contributed by atoms with Crippen molar-refractivity contribution in [2.24, 2.45) is 0 Å². The lowest BCUT2D eigenvalue weighted by Crippen LogP contribution is -1.98. The highest BCUT2D eigenvalue weighted by Gasteiger charge is 1.99. The zero-order valence-corrected chi connectivity index (χ0v) is 7.01. The number of ketones is 1. The van der Waals surface area contributed by atoms with Crippen LogP contribution in [0.15, 0.2) is 0 Å². The van der Waals surface area contributed by atoms with E-state index < -0.39 is 0 Å². The lowest BCUT2D eigenvalue weighted by atomic mass is 10.1. The number of aldehydes is 1. The lowest BCUT2D eigenvalue weighted by Gasteiger charge is -1.95. The summed E-state index contributed by atoms with van der Waals surface area (Å²) in [4.78, 5) is 20.5. The molecule has 0 rings (SSSR count). The Labute approximate surface area is 68.0 Å². The molecule has 0 N–H and O–H groups in total. The normalized spacial score (nSPS) is 9.55. The summed E-state index contributed by atoms with van der Waals surface area (Å²) < 4.78 is 0. The third-order valence-electron chi connectivity index (χ3n) is 1.53. The van der Waals surface area contributed by atoms with Gasteiger partial charge in [-0.25, -0.2) is 0 Å². The molecule has 0 heterocycles. The summed E-state index contributed by atoms with van der Waals surface area (Å²) in [6, 6.07) is 0. The first kappa shape index (κ1) is 10.3. The minimum absolute atomic E-state index is 0.0453. The van der Waals surface area contributed by atoms with Crippen LogP contribution in [-0.2, 0) is 9.59 Å².